The molecule has 0 aromatic rings. The molecule has 0 N–H and O–H groups in total. The lowest BCUT2D eigenvalue weighted by Crippen LogP contribution is -2.05. The van der Waals surface area contributed by atoms with Crippen molar-refractivity contribution in [1.29, 1.82) is 0 Å². The Morgan fingerprint density at radius 1 is 1.55 bits per heavy atom. The zero-order valence-corrected chi connectivity index (χ0v) is 7.10. The number of hydrogen-bond donors (Lipinski definition) is 0. The summed E-state index contributed by atoms with van der Waals surface area (Å²) in [5.41, 5.74) is 0. The second-order valence-corrected chi connectivity index (χ2v) is 5.17. The Bertz CT molecular complexity index is 263. The van der Waals surface area contributed by atoms with Crippen molar-refractivity contribution in [2.45, 2.75) is 12.8 Å². The van der Waals surface area contributed by atoms with Crippen LogP contribution in [0.25, 0.3) is 4.85 Å². The average molecular weight is 173 g/mol. The second kappa shape index (κ2) is 3.22. The lowest BCUT2D eigenvalue weighted by Gasteiger charge is -1.99. The van der Waals surface area contributed by atoms with Crippen molar-refractivity contribution in [2.75, 3.05) is 18.1 Å². The van der Waals surface area contributed by atoms with Gasteiger partial charge in [-0.1, -0.05) is 0 Å². The molecule has 0 amide bonds. The van der Waals surface area contributed by atoms with Crippen LogP contribution in [0.15, 0.2) is 0 Å². The van der Waals surface area contributed by atoms with Crippen LogP contribution in [-0.4, -0.2) is 26.5 Å². The molecular formula is C7H11NO2S. The van der Waals surface area contributed by atoms with Crippen LogP contribution in [0.1, 0.15) is 12.8 Å². The third-order valence-corrected chi connectivity index (χ3v) is 3.81. The average Bonchev–Trinajstić information content (AvgIpc) is 2.26. The van der Waals surface area contributed by atoms with Gasteiger partial charge in [0.05, 0.1) is 11.5 Å². The first-order valence-corrected chi connectivity index (χ1v) is 5.50. The smallest absolute Gasteiger partial charge is 0.215 e. The first kappa shape index (κ1) is 8.54. The predicted molar refractivity (Wildman–Crippen MR) is 42.8 cm³/mol. The summed E-state index contributed by atoms with van der Waals surface area (Å²) in [6.45, 7) is 7.01. The van der Waals surface area contributed by atoms with Gasteiger partial charge in [-0.15, -0.1) is 0 Å². The van der Waals surface area contributed by atoms with Gasteiger partial charge < -0.3 is 4.85 Å². The second-order valence-electron chi connectivity index (χ2n) is 2.94. The molecule has 1 aliphatic rings. The number of nitrogens with zero attached hydrogens (tertiary/aromatic N) is 1. The lowest BCUT2D eigenvalue weighted by atomic mass is 10.1. The maximum Gasteiger partial charge on any atom is 0.215 e. The van der Waals surface area contributed by atoms with Gasteiger partial charge in [0.2, 0.25) is 6.54 Å². The molecule has 0 spiro atoms. The molecular weight excluding hydrogens is 162 g/mol. The quantitative estimate of drug-likeness (QED) is 0.577. The van der Waals surface area contributed by atoms with Gasteiger partial charge in [-0.25, -0.2) is 15.0 Å². The number of hydrogen-bond acceptors (Lipinski definition) is 2. The van der Waals surface area contributed by atoms with Crippen LogP contribution in [0, 0.1) is 12.5 Å². The van der Waals surface area contributed by atoms with Crippen LogP contribution >= 0.6 is 0 Å². The molecule has 3 nitrogen and oxygen atoms in total. The number of rotatable bonds is 2. The fourth-order valence-electron chi connectivity index (χ4n) is 1.35. The third-order valence-electron chi connectivity index (χ3n) is 1.98. The van der Waals surface area contributed by atoms with E-state index in [4.69, 9.17) is 6.57 Å². The minimum Gasteiger partial charge on any atom is -0.317 e. The van der Waals surface area contributed by atoms with E-state index in [2.05, 4.69) is 4.85 Å². The van der Waals surface area contributed by atoms with Crippen LogP contribution in [-0.2, 0) is 9.84 Å². The molecule has 0 bridgehead atoms. The summed E-state index contributed by atoms with van der Waals surface area (Å²) in [5, 5.41) is 0. The summed E-state index contributed by atoms with van der Waals surface area (Å²) >= 11 is 0. The molecule has 1 atom stereocenters. The zero-order chi connectivity index (χ0) is 8.32. The normalized spacial score (nSPS) is 28.1. The maximum atomic E-state index is 10.9. The van der Waals surface area contributed by atoms with Gasteiger partial charge in [-0.05, 0) is 12.3 Å². The van der Waals surface area contributed by atoms with E-state index in [1.165, 1.54) is 0 Å². The predicted octanol–water partition coefficient (Wildman–Crippen LogP) is 0.730. The fourth-order valence-corrected chi connectivity index (χ4v) is 3.26. The lowest BCUT2D eigenvalue weighted by molar-refractivity contribution is 0.564. The fraction of sp³-hybridized carbons (Fsp3) is 0.857. The summed E-state index contributed by atoms with van der Waals surface area (Å²) in [6.07, 6.45) is 1.51. The van der Waals surface area contributed by atoms with Crippen molar-refractivity contribution in [3.05, 3.63) is 11.4 Å². The monoisotopic (exact) mass is 173 g/mol. The van der Waals surface area contributed by atoms with Crippen molar-refractivity contribution in [1.82, 2.24) is 0 Å². The van der Waals surface area contributed by atoms with Gasteiger partial charge >= 0.3 is 0 Å². The summed E-state index contributed by atoms with van der Waals surface area (Å²) in [4.78, 5) is 3.20. The molecule has 4 heteroatoms. The minimum absolute atomic E-state index is 0.258. The molecule has 0 saturated carbocycles. The van der Waals surface area contributed by atoms with E-state index < -0.39 is 9.84 Å². The molecule has 1 fully saturated rings. The standard InChI is InChI=1S/C7H11NO2S/c1-8-4-2-7-3-5-11(9,10)6-7/h7H,2-6H2. The van der Waals surface area contributed by atoms with Crippen LogP contribution in [0.2, 0.25) is 0 Å². The van der Waals surface area contributed by atoms with Crippen LogP contribution in [0.5, 0.6) is 0 Å². The van der Waals surface area contributed by atoms with Crippen LogP contribution in [0.4, 0.5) is 0 Å². The van der Waals surface area contributed by atoms with Gasteiger partial charge in [0, 0.05) is 6.42 Å². The zero-order valence-electron chi connectivity index (χ0n) is 6.28. The Balaban J connectivity index is 2.38. The van der Waals surface area contributed by atoms with E-state index in [1.54, 1.807) is 0 Å². The van der Waals surface area contributed by atoms with Gasteiger partial charge in [-0.3, -0.25) is 0 Å². The van der Waals surface area contributed by atoms with E-state index in [0.29, 0.717) is 18.1 Å². The van der Waals surface area contributed by atoms with E-state index in [0.717, 1.165) is 12.8 Å². The molecule has 1 unspecified atom stereocenters. The topological polar surface area (TPSA) is 38.5 Å². The van der Waals surface area contributed by atoms with Gasteiger partial charge in [0.1, 0.15) is 0 Å². The Labute approximate surface area is 67.2 Å². The molecule has 11 heavy (non-hydrogen) atoms. The van der Waals surface area contributed by atoms with E-state index in [1.807, 2.05) is 0 Å². The van der Waals surface area contributed by atoms with Gasteiger partial charge in [-0.2, -0.15) is 0 Å². The molecule has 1 saturated heterocycles. The van der Waals surface area contributed by atoms with Crippen molar-refractivity contribution in [3.63, 3.8) is 0 Å². The van der Waals surface area contributed by atoms with E-state index in [9.17, 15) is 8.42 Å². The van der Waals surface area contributed by atoms with Crippen molar-refractivity contribution >= 4 is 9.84 Å². The molecule has 0 aromatic heterocycles. The third kappa shape index (κ3) is 2.51. The van der Waals surface area contributed by atoms with Crippen LogP contribution < -0.4 is 0 Å². The Hall–Kier alpha value is -0.560. The highest BCUT2D eigenvalue weighted by atomic mass is 32.2. The molecule has 0 aromatic carbocycles. The first-order valence-electron chi connectivity index (χ1n) is 3.68. The van der Waals surface area contributed by atoms with Crippen molar-refractivity contribution in [3.8, 4) is 0 Å². The Morgan fingerprint density at radius 2 is 2.27 bits per heavy atom. The van der Waals surface area contributed by atoms with Gasteiger partial charge in [0.25, 0.3) is 0 Å². The van der Waals surface area contributed by atoms with Gasteiger partial charge in [0.15, 0.2) is 9.84 Å². The molecule has 0 aliphatic carbocycles. The maximum absolute atomic E-state index is 10.9. The Kier molecular flexibility index (Phi) is 2.50. The molecule has 1 heterocycles. The van der Waals surface area contributed by atoms with Crippen LogP contribution in [0.3, 0.4) is 0 Å². The largest absolute Gasteiger partial charge is 0.317 e. The summed E-state index contributed by atoms with van der Waals surface area (Å²) in [7, 11) is -2.73. The molecule has 1 rings (SSSR count). The summed E-state index contributed by atoms with van der Waals surface area (Å²) in [6, 6.07) is 0. The first-order chi connectivity index (χ1) is 5.14. The number of sulfone groups is 1. The highest BCUT2D eigenvalue weighted by Crippen LogP contribution is 2.21. The van der Waals surface area contributed by atoms with Crippen molar-refractivity contribution in [2.24, 2.45) is 5.92 Å². The summed E-state index contributed by atoms with van der Waals surface area (Å²) in [5.74, 6) is 0.896. The molecule has 62 valence electrons. The van der Waals surface area contributed by atoms with E-state index >= 15 is 0 Å². The molecule has 1 aliphatic heterocycles. The minimum atomic E-state index is -2.73. The highest BCUT2D eigenvalue weighted by Gasteiger charge is 2.27. The highest BCUT2D eigenvalue weighted by molar-refractivity contribution is 7.91. The Morgan fingerprint density at radius 3 is 2.73 bits per heavy atom. The SMILES string of the molecule is [C-]#[N+]CCC1CCS(=O)(=O)C1. The summed E-state index contributed by atoms with van der Waals surface area (Å²) < 4.78 is 21.9. The van der Waals surface area contributed by atoms with E-state index in [-0.39, 0.29) is 5.92 Å². The van der Waals surface area contributed by atoms with Crippen molar-refractivity contribution < 1.29 is 8.42 Å². The molecule has 0 radical (unpaired) electrons.